The third-order valence-corrected chi connectivity index (χ3v) is 5.65. The minimum absolute atomic E-state index is 0.438. The van der Waals surface area contributed by atoms with E-state index in [0.29, 0.717) is 0 Å². The predicted molar refractivity (Wildman–Crippen MR) is 115 cm³/mol. The Morgan fingerprint density at radius 2 is 0.852 bits per heavy atom. The van der Waals surface area contributed by atoms with Crippen molar-refractivity contribution in [1.82, 2.24) is 0 Å². The van der Waals surface area contributed by atoms with E-state index in [1.54, 1.807) is 0 Å². The Morgan fingerprint density at radius 3 is 1.26 bits per heavy atom. The maximum atomic E-state index is 6.10. The summed E-state index contributed by atoms with van der Waals surface area (Å²) in [7, 11) is 0. The Labute approximate surface area is 165 Å². The Hall–Kier alpha value is -2.81. The topological polar surface area (TPSA) is 26.0 Å². The molecule has 132 valence electrons. The third kappa shape index (κ3) is 3.08. The van der Waals surface area contributed by atoms with E-state index in [2.05, 4.69) is 109 Å². The van der Waals surface area contributed by atoms with E-state index < -0.39 is 5.41 Å². The van der Waals surface area contributed by atoms with Gasteiger partial charge in [0.15, 0.2) is 0 Å². The lowest BCUT2D eigenvalue weighted by Crippen LogP contribution is -2.31. The highest BCUT2D eigenvalue weighted by Crippen LogP contribution is 2.47. The highest BCUT2D eigenvalue weighted by atomic mass is 32.2. The lowest BCUT2D eigenvalue weighted by Gasteiger charge is -2.37. The van der Waals surface area contributed by atoms with Crippen LogP contribution in [-0.4, -0.2) is 0 Å². The smallest absolute Gasteiger partial charge is 0.0712 e. The summed E-state index contributed by atoms with van der Waals surface area (Å²) in [6.07, 6.45) is 0. The average Bonchev–Trinajstić information content (AvgIpc) is 2.77. The Bertz CT molecular complexity index is 901. The van der Waals surface area contributed by atoms with E-state index in [9.17, 15) is 0 Å². The van der Waals surface area contributed by atoms with Gasteiger partial charge in [-0.05, 0) is 40.3 Å². The number of hydrogen-bond donors (Lipinski definition) is 1. The molecule has 0 bridgehead atoms. The van der Waals surface area contributed by atoms with Crippen LogP contribution in [0.15, 0.2) is 120 Å². The largest absolute Gasteiger partial charge is 0.274 e. The van der Waals surface area contributed by atoms with Crippen LogP contribution in [0, 0.1) is 0 Å². The first-order chi connectivity index (χ1) is 13.4. The molecule has 2 heteroatoms. The van der Waals surface area contributed by atoms with Gasteiger partial charge in [-0.25, -0.2) is 0 Å². The fourth-order valence-electron chi connectivity index (χ4n) is 3.91. The van der Waals surface area contributed by atoms with E-state index >= 15 is 0 Å². The van der Waals surface area contributed by atoms with Gasteiger partial charge >= 0.3 is 0 Å². The third-order valence-electron chi connectivity index (χ3n) is 5.04. The van der Waals surface area contributed by atoms with Gasteiger partial charge in [-0.2, -0.15) is 0 Å². The highest BCUT2D eigenvalue weighted by Gasteiger charge is 2.39. The molecule has 0 amide bonds. The Balaban J connectivity index is 2.17. The summed E-state index contributed by atoms with van der Waals surface area (Å²) < 4.78 is 0. The van der Waals surface area contributed by atoms with Gasteiger partial charge in [-0.15, -0.1) is 0 Å². The van der Waals surface area contributed by atoms with E-state index in [4.69, 9.17) is 5.14 Å². The second-order valence-corrected chi connectivity index (χ2v) is 7.14. The zero-order valence-electron chi connectivity index (χ0n) is 15.0. The molecule has 0 unspecified atom stereocenters. The summed E-state index contributed by atoms with van der Waals surface area (Å²) in [5, 5.41) is 6.10. The van der Waals surface area contributed by atoms with Gasteiger partial charge in [0.05, 0.1) is 5.41 Å². The van der Waals surface area contributed by atoms with Crippen molar-refractivity contribution in [1.29, 1.82) is 0 Å². The molecule has 4 aromatic carbocycles. The lowest BCUT2D eigenvalue weighted by molar-refractivity contribution is 0.728. The summed E-state index contributed by atoms with van der Waals surface area (Å²) in [4.78, 5) is 1.08. The monoisotopic (exact) mass is 367 g/mol. The number of rotatable bonds is 5. The van der Waals surface area contributed by atoms with Crippen LogP contribution in [0.25, 0.3) is 0 Å². The quantitative estimate of drug-likeness (QED) is 0.344. The highest BCUT2D eigenvalue weighted by molar-refractivity contribution is 7.97. The molecule has 27 heavy (non-hydrogen) atoms. The molecule has 0 aliphatic rings. The summed E-state index contributed by atoms with van der Waals surface area (Å²) >= 11 is 1.31. The number of nitrogens with two attached hydrogens (primary N) is 1. The van der Waals surface area contributed by atoms with Gasteiger partial charge in [-0.1, -0.05) is 109 Å². The van der Waals surface area contributed by atoms with Crippen LogP contribution in [0.5, 0.6) is 0 Å². The van der Waals surface area contributed by atoms with Crippen molar-refractivity contribution in [2.75, 3.05) is 0 Å². The fourth-order valence-corrected chi connectivity index (χ4v) is 4.42. The van der Waals surface area contributed by atoms with Crippen LogP contribution in [0.1, 0.15) is 22.3 Å². The Kier molecular flexibility index (Phi) is 5.10. The molecule has 0 saturated carbocycles. The minimum atomic E-state index is -0.438. The van der Waals surface area contributed by atoms with E-state index in [0.717, 1.165) is 4.90 Å². The fraction of sp³-hybridized carbons (Fsp3) is 0.0400. The van der Waals surface area contributed by atoms with Crippen LogP contribution in [-0.2, 0) is 5.41 Å². The van der Waals surface area contributed by atoms with Gasteiger partial charge in [0.1, 0.15) is 0 Å². The molecule has 0 aliphatic heterocycles. The van der Waals surface area contributed by atoms with Crippen molar-refractivity contribution in [2.45, 2.75) is 10.3 Å². The van der Waals surface area contributed by atoms with Crippen LogP contribution in [0.3, 0.4) is 0 Å². The molecule has 4 rings (SSSR count). The Morgan fingerprint density at radius 1 is 0.481 bits per heavy atom. The lowest BCUT2D eigenvalue weighted by atomic mass is 9.65. The summed E-state index contributed by atoms with van der Waals surface area (Å²) in [5.74, 6) is 0. The van der Waals surface area contributed by atoms with E-state index in [1.165, 1.54) is 34.2 Å². The molecular formula is C25H21NS. The van der Waals surface area contributed by atoms with Crippen molar-refractivity contribution in [3.63, 3.8) is 0 Å². The molecule has 0 aliphatic carbocycles. The van der Waals surface area contributed by atoms with Crippen LogP contribution in [0.4, 0.5) is 0 Å². The van der Waals surface area contributed by atoms with Crippen LogP contribution >= 0.6 is 11.9 Å². The first-order valence-corrected chi connectivity index (χ1v) is 9.88. The van der Waals surface area contributed by atoms with Crippen molar-refractivity contribution in [3.05, 3.63) is 138 Å². The standard InChI is InChI=1S/C25H21NS/c26-27-24-19-11-10-18-23(24)25(20-12-4-1-5-13-20,21-14-6-2-7-15-21)22-16-8-3-9-17-22/h1-19H,26H2. The second-order valence-electron chi connectivity index (χ2n) is 6.46. The molecule has 0 spiro atoms. The molecule has 0 aromatic heterocycles. The molecule has 0 saturated heterocycles. The zero-order valence-corrected chi connectivity index (χ0v) is 15.8. The number of hydrogen-bond acceptors (Lipinski definition) is 2. The summed E-state index contributed by atoms with van der Waals surface area (Å²) in [6.45, 7) is 0. The first kappa shape index (κ1) is 17.6. The summed E-state index contributed by atoms with van der Waals surface area (Å²) in [6, 6.07) is 40.5. The molecule has 0 atom stereocenters. The van der Waals surface area contributed by atoms with Crippen molar-refractivity contribution >= 4 is 11.9 Å². The SMILES string of the molecule is NSc1ccccc1C(c1ccccc1)(c1ccccc1)c1ccccc1. The van der Waals surface area contributed by atoms with Crippen molar-refractivity contribution < 1.29 is 0 Å². The molecule has 0 fully saturated rings. The van der Waals surface area contributed by atoms with Gasteiger partial charge in [0.2, 0.25) is 0 Å². The molecule has 1 nitrogen and oxygen atoms in total. The molecule has 0 radical (unpaired) electrons. The second kappa shape index (κ2) is 7.83. The molecule has 2 N–H and O–H groups in total. The van der Waals surface area contributed by atoms with E-state index in [-0.39, 0.29) is 0 Å². The first-order valence-electron chi connectivity index (χ1n) is 9.00. The molecule has 4 aromatic rings. The van der Waals surface area contributed by atoms with Gasteiger partial charge in [-0.3, -0.25) is 5.14 Å². The van der Waals surface area contributed by atoms with Gasteiger partial charge < -0.3 is 0 Å². The number of benzene rings is 4. The van der Waals surface area contributed by atoms with Gasteiger partial charge in [0, 0.05) is 4.90 Å². The minimum Gasteiger partial charge on any atom is -0.274 e. The maximum absolute atomic E-state index is 6.10. The summed E-state index contributed by atoms with van der Waals surface area (Å²) in [5.41, 5.74) is 4.44. The average molecular weight is 368 g/mol. The van der Waals surface area contributed by atoms with Crippen LogP contribution < -0.4 is 5.14 Å². The molecule has 0 heterocycles. The normalized spacial score (nSPS) is 11.3. The molecular weight excluding hydrogens is 346 g/mol. The van der Waals surface area contributed by atoms with E-state index in [1.807, 2.05) is 6.07 Å². The van der Waals surface area contributed by atoms with Gasteiger partial charge in [0.25, 0.3) is 0 Å². The maximum Gasteiger partial charge on any atom is 0.0712 e. The zero-order chi connectivity index (χ0) is 18.5. The van der Waals surface area contributed by atoms with Crippen molar-refractivity contribution in [3.8, 4) is 0 Å². The van der Waals surface area contributed by atoms with Crippen LogP contribution in [0.2, 0.25) is 0 Å². The predicted octanol–water partition coefficient (Wildman–Crippen LogP) is 6.04. The van der Waals surface area contributed by atoms with Crippen molar-refractivity contribution in [2.24, 2.45) is 5.14 Å².